The minimum atomic E-state index is -0.457. The standard InChI is InChI=1S/C17H17N3O3/c1-11-6-4-5-7-13(11)16-19-14(12(2)23-16)8-20-9-15(18-10-20)17(21)22-3/h4-7,9-10H,8H2,1-3H3. The number of ether oxygens (including phenoxy) is 1. The molecule has 0 fully saturated rings. The van der Waals surface area contributed by atoms with Crippen LogP contribution in [-0.2, 0) is 11.3 Å². The normalized spacial score (nSPS) is 10.7. The maximum atomic E-state index is 11.4. The lowest BCUT2D eigenvalue weighted by atomic mass is 10.1. The highest BCUT2D eigenvalue weighted by Crippen LogP contribution is 2.25. The van der Waals surface area contributed by atoms with E-state index >= 15 is 0 Å². The van der Waals surface area contributed by atoms with Crippen LogP contribution < -0.4 is 0 Å². The summed E-state index contributed by atoms with van der Waals surface area (Å²) in [5, 5.41) is 0. The van der Waals surface area contributed by atoms with Crippen LogP contribution in [0.2, 0.25) is 0 Å². The summed E-state index contributed by atoms with van der Waals surface area (Å²) < 4.78 is 12.2. The minimum absolute atomic E-state index is 0.271. The Morgan fingerprint density at radius 3 is 2.83 bits per heavy atom. The molecule has 0 aliphatic rings. The van der Waals surface area contributed by atoms with Crippen molar-refractivity contribution in [2.24, 2.45) is 0 Å². The van der Waals surface area contributed by atoms with Gasteiger partial charge in [-0.05, 0) is 25.5 Å². The van der Waals surface area contributed by atoms with Crippen LogP contribution in [0.3, 0.4) is 0 Å². The van der Waals surface area contributed by atoms with Gasteiger partial charge in [0, 0.05) is 11.8 Å². The van der Waals surface area contributed by atoms with Gasteiger partial charge >= 0.3 is 5.97 Å². The Labute approximate surface area is 133 Å². The van der Waals surface area contributed by atoms with Crippen LogP contribution in [0.15, 0.2) is 41.2 Å². The third kappa shape index (κ3) is 3.01. The quantitative estimate of drug-likeness (QED) is 0.693. The van der Waals surface area contributed by atoms with E-state index in [1.807, 2.05) is 38.1 Å². The molecule has 0 amide bonds. The van der Waals surface area contributed by atoms with Crippen LogP contribution in [-0.4, -0.2) is 27.6 Å². The molecule has 2 aromatic heterocycles. The van der Waals surface area contributed by atoms with Crippen molar-refractivity contribution in [1.29, 1.82) is 0 Å². The maximum Gasteiger partial charge on any atom is 0.358 e. The molecule has 6 heteroatoms. The van der Waals surface area contributed by atoms with E-state index < -0.39 is 5.97 Å². The summed E-state index contributed by atoms with van der Waals surface area (Å²) >= 11 is 0. The van der Waals surface area contributed by atoms with Crippen LogP contribution in [0.25, 0.3) is 11.5 Å². The second kappa shape index (κ2) is 6.08. The lowest BCUT2D eigenvalue weighted by molar-refractivity contribution is 0.0594. The van der Waals surface area contributed by atoms with Crippen LogP contribution in [0, 0.1) is 13.8 Å². The molecule has 0 radical (unpaired) electrons. The minimum Gasteiger partial charge on any atom is -0.464 e. The maximum absolute atomic E-state index is 11.4. The summed E-state index contributed by atoms with van der Waals surface area (Å²) in [6, 6.07) is 7.94. The SMILES string of the molecule is COC(=O)c1cn(Cc2nc(-c3ccccc3C)oc2C)cn1. The number of esters is 1. The van der Waals surface area contributed by atoms with Crippen molar-refractivity contribution >= 4 is 5.97 Å². The summed E-state index contributed by atoms with van der Waals surface area (Å²) in [4.78, 5) is 20.0. The number of nitrogens with zero attached hydrogens (tertiary/aromatic N) is 3. The Kier molecular flexibility index (Phi) is 3.97. The molecule has 0 saturated heterocycles. The van der Waals surface area contributed by atoms with Crippen molar-refractivity contribution < 1.29 is 13.9 Å². The van der Waals surface area contributed by atoms with Crippen molar-refractivity contribution in [2.45, 2.75) is 20.4 Å². The average molecular weight is 311 g/mol. The van der Waals surface area contributed by atoms with Gasteiger partial charge in [0.1, 0.15) is 11.5 Å². The third-order valence-electron chi connectivity index (χ3n) is 3.63. The highest BCUT2D eigenvalue weighted by molar-refractivity contribution is 5.86. The summed E-state index contributed by atoms with van der Waals surface area (Å²) in [5.41, 5.74) is 3.16. The lowest BCUT2D eigenvalue weighted by Crippen LogP contribution is -2.02. The number of aromatic nitrogens is 3. The zero-order valence-electron chi connectivity index (χ0n) is 13.2. The molecule has 118 valence electrons. The van der Waals surface area contributed by atoms with Crippen molar-refractivity contribution in [1.82, 2.24) is 14.5 Å². The van der Waals surface area contributed by atoms with Crippen LogP contribution in [0.4, 0.5) is 0 Å². The number of hydrogen-bond donors (Lipinski definition) is 0. The van der Waals surface area contributed by atoms with Gasteiger partial charge in [-0.1, -0.05) is 18.2 Å². The van der Waals surface area contributed by atoms with Crippen molar-refractivity contribution in [3.05, 3.63) is 59.5 Å². The topological polar surface area (TPSA) is 70.2 Å². The highest BCUT2D eigenvalue weighted by atomic mass is 16.5. The van der Waals surface area contributed by atoms with E-state index in [1.165, 1.54) is 7.11 Å². The van der Waals surface area contributed by atoms with Gasteiger partial charge in [0.15, 0.2) is 5.69 Å². The summed E-state index contributed by atoms with van der Waals surface area (Å²) in [5.74, 6) is 0.890. The number of carbonyl (C=O) groups excluding carboxylic acids is 1. The molecule has 0 spiro atoms. The number of methoxy groups -OCH3 is 1. The Balaban J connectivity index is 1.86. The van der Waals surface area contributed by atoms with Crippen molar-refractivity contribution in [3.8, 4) is 11.5 Å². The van der Waals surface area contributed by atoms with E-state index in [0.717, 1.165) is 22.6 Å². The molecule has 23 heavy (non-hydrogen) atoms. The van der Waals surface area contributed by atoms with E-state index in [1.54, 1.807) is 17.1 Å². The van der Waals surface area contributed by atoms with Gasteiger partial charge in [-0.2, -0.15) is 0 Å². The van der Waals surface area contributed by atoms with E-state index in [4.69, 9.17) is 4.42 Å². The van der Waals surface area contributed by atoms with Gasteiger partial charge in [0.25, 0.3) is 0 Å². The molecule has 0 N–H and O–H groups in total. The summed E-state index contributed by atoms with van der Waals surface area (Å²) in [7, 11) is 1.33. The van der Waals surface area contributed by atoms with E-state index in [2.05, 4.69) is 14.7 Å². The van der Waals surface area contributed by atoms with E-state index in [-0.39, 0.29) is 5.69 Å². The molecule has 2 heterocycles. The third-order valence-corrected chi connectivity index (χ3v) is 3.63. The molecule has 0 unspecified atom stereocenters. The number of carbonyl (C=O) groups is 1. The molecule has 6 nitrogen and oxygen atoms in total. The smallest absolute Gasteiger partial charge is 0.358 e. The Hall–Kier alpha value is -2.89. The fraction of sp³-hybridized carbons (Fsp3) is 0.235. The van der Waals surface area contributed by atoms with Crippen LogP contribution >= 0.6 is 0 Å². The largest absolute Gasteiger partial charge is 0.464 e. The number of oxazole rings is 1. The van der Waals surface area contributed by atoms with Gasteiger partial charge in [-0.3, -0.25) is 0 Å². The lowest BCUT2D eigenvalue weighted by Gasteiger charge is -1.99. The number of rotatable bonds is 4. The number of imidazole rings is 1. The van der Waals surface area contributed by atoms with Gasteiger partial charge in [0.2, 0.25) is 5.89 Å². The van der Waals surface area contributed by atoms with Gasteiger partial charge in [0.05, 0.1) is 20.0 Å². The molecule has 0 bridgehead atoms. The molecule has 1 aromatic carbocycles. The number of hydrogen-bond acceptors (Lipinski definition) is 5. The molecule has 0 aliphatic heterocycles. The van der Waals surface area contributed by atoms with Gasteiger partial charge in [-0.15, -0.1) is 0 Å². The fourth-order valence-electron chi connectivity index (χ4n) is 2.33. The molecular weight excluding hydrogens is 294 g/mol. The summed E-state index contributed by atoms with van der Waals surface area (Å²) in [6.07, 6.45) is 3.21. The first-order valence-electron chi connectivity index (χ1n) is 7.21. The first-order chi connectivity index (χ1) is 11.1. The molecule has 0 atom stereocenters. The Morgan fingerprint density at radius 2 is 2.09 bits per heavy atom. The van der Waals surface area contributed by atoms with E-state index in [9.17, 15) is 4.79 Å². The molecule has 3 aromatic rings. The second-order valence-electron chi connectivity index (χ2n) is 5.26. The highest BCUT2D eigenvalue weighted by Gasteiger charge is 2.15. The monoisotopic (exact) mass is 311 g/mol. The molecule has 3 rings (SSSR count). The fourth-order valence-corrected chi connectivity index (χ4v) is 2.33. The first-order valence-corrected chi connectivity index (χ1v) is 7.21. The predicted octanol–water partition coefficient (Wildman–Crippen LogP) is 2.99. The van der Waals surface area contributed by atoms with Gasteiger partial charge < -0.3 is 13.7 Å². The van der Waals surface area contributed by atoms with Crippen LogP contribution in [0.1, 0.15) is 27.5 Å². The zero-order valence-corrected chi connectivity index (χ0v) is 13.2. The van der Waals surface area contributed by atoms with Crippen molar-refractivity contribution in [3.63, 3.8) is 0 Å². The first kappa shape index (κ1) is 15.0. The Morgan fingerprint density at radius 1 is 1.30 bits per heavy atom. The zero-order chi connectivity index (χ0) is 16.4. The average Bonchev–Trinajstić information content (AvgIpc) is 3.15. The predicted molar refractivity (Wildman–Crippen MR) is 84.1 cm³/mol. The molecule has 0 aliphatic carbocycles. The molecule has 0 saturated carbocycles. The second-order valence-corrected chi connectivity index (χ2v) is 5.26. The molecular formula is C17H17N3O3. The van der Waals surface area contributed by atoms with Gasteiger partial charge in [-0.25, -0.2) is 14.8 Å². The van der Waals surface area contributed by atoms with Crippen molar-refractivity contribution in [2.75, 3.05) is 7.11 Å². The Bertz CT molecular complexity index is 848. The number of aryl methyl sites for hydroxylation is 2. The van der Waals surface area contributed by atoms with E-state index in [0.29, 0.717) is 12.4 Å². The van der Waals surface area contributed by atoms with Crippen LogP contribution in [0.5, 0.6) is 0 Å². The summed E-state index contributed by atoms with van der Waals surface area (Å²) in [6.45, 7) is 4.38. The number of benzene rings is 1.